The number of carbonyl (C=O) groups is 1. The number of nitrogens with zero attached hydrogens (tertiary/aromatic N) is 2. The highest BCUT2D eigenvalue weighted by Crippen LogP contribution is 2.25. The average molecular weight is 422 g/mol. The van der Waals surface area contributed by atoms with Crippen molar-refractivity contribution in [3.63, 3.8) is 0 Å². The van der Waals surface area contributed by atoms with E-state index in [2.05, 4.69) is 29.4 Å². The summed E-state index contributed by atoms with van der Waals surface area (Å²) < 4.78 is 11.6. The van der Waals surface area contributed by atoms with E-state index < -0.39 is 6.04 Å². The fourth-order valence-electron chi connectivity index (χ4n) is 3.45. The fourth-order valence-corrected chi connectivity index (χ4v) is 3.45. The highest BCUT2D eigenvalue weighted by molar-refractivity contribution is 5.83. The van der Waals surface area contributed by atoms with E-state index in [-0.39, 0.29) is 11.8 Å². The van der Waals surface area contributed by atoms with E-state index in [4.69, 9.17) is 9.15 Å². The first kappa shape index (κ1) is 22.5. The first-order chi connectivity index (χ1) is 15.0. The molecule has 0 fully saturated rings. The van der Waals surface area contributed by atoms with Crippen molar-refractivity contribution >= 4 is 5.91 Å². The SMILES string of the molecule is CCCC(C)COc1ccc([C@@H](NC(=O)[C@@H](C)c2ccccc2)c2nnc(C)o2)cc1. The number of rotatable bonds is 10. The third-order valence-corrected chi connectivity index (χ3v) is 5.30. The first-order valence-corrected chi connectivity index (χ1v) is 10.9. The lowest BCUT2D eigenvalue weighted by Gasteiger charge is -2.19. The van der Waals surface area contributed by atoms with Gasteiger partial charge in [0.05, 0.1) is 12.5 Å². The largest absolute Gasteiger partial charge is 0.493 e. The van der Waals surface area contributed by atoms with E-state index in [9.17, 15) is 4.79 Å². The number of hydrogen-bond donors (Lipinski definition) is 1. The zero-order valence-corrected chi connectivity index (χ0v) is 18.7. The van der Waals surface area contributed by atoms with E-state index in [1.807, 2.05) is 61.5 Å². The smallest absolute Gasteiger partial charge is 0.243 e. The summed E-state index contributed by atoms with van der Waals surface area (Å²) in [5, 5.41) is 11.2. The molecular weight excluding hydrogens is 390 g/mol. The number of carbonyl (C=O) groups excluding carboxylic acids is 1. The van der Waals surface area contributed by atoms with Gasteiger partial charge in [-0.25, -0.2) is 0 Å². The summed E-state index contributed by atoms with van der Waals surface area (Å²) >= 11 is 0. The molecular formula is C25H31N3O3. The Morgan fingerprint density at radius 3 is 2.35 bits per heavy atom. The monoisotopic (exact) mass is 421 g/mol. The van der Waals surface area contributed by atoms with E-state index in [0.29, 0.717) is 24.3 Å². The maximum Gasteiger partial charge on any atom is 0.243 e. The van der Waals surface area contributed by atoms with Gasteiger partial charge in [-0.1, -0.05) is 62.7 Å². The van der Waals surface area contributed by atoms with Gasteiger partial charge in [-0.05, 0) is 42.5 Å². The number of amides is 1. The highest BCUT2D eigenvalue weighted by atomic mass is 16.5. The summed E-state index contributed by atoms with van der Waals surface area (Å²) in [5.41, 5.74) is 1.80. The molecule has 1 unspecified atom stereocenters. The van der Waals surface area contributed by atoms with Crippen molar-refractivity contribution in [3.05, 3.63) is 77.5 Å². The van der Waals surface area contributed by atoms with Gasteiger partial charge < -0.3 is 14.5 Å². The molecule has 0 saturated carbocycles. The van der Waals surface area contributed by atoms with Crippen molar-refractivity contribution in [3.8, 4) is 5.75 Å². The number of ether oxygens (including phenoxy) is 1. The van der Waals surface area contributed by atoms with E-state index in [1.54, 1.807) is 6.92 Å². The van der Waals surface area contributed by atoms with Gasteiger partial charge in [-0.2, -0.15) is 0 Å². The predicted molar refractivity (Wildman–Crippen MR) is 120 cm³/mol. The molecule has 3 aromatic rings. The molecule has 0 aliphatic carbocycles. The van der Waals surface area contributed by atoms with Gasteiger partial charge in [0.15, 0.2) is 0 Å². The molecule has 1 N–H and O–H groups in total. The second-order valence-corrected chi connectivity index (χ2v) is 8.01. The number of aromatic nitrogens is 2. The zero-order valence-electron chi connectivity index (χ0n) is 18.7. The van der Waals surface area contributed by atoms with Crippen LogP contribution in [-0.4, -0.2) is 22.7 Å². The summed E-state index contributed by atoms with van der Waals surface area (Å²) in [6.07, 6.45) is 2.29. The second kappa shape index (κ2) is 10.8. The maximum atomic E-state index is 13.0. The van der Waals surface area contributed by atoms with E-state index in [1.165, 1.54) is 0 Å². The lowest BCUT2D eigenvalue weighted by molar-refractivity contribution is -0.122. The predicted octanol–water partition coefficient (Wildman–Crippen LogP) is 5.20. The molecule has 3 atom stereocenters. The summed E-state index contributed by atoms with van der Waals surface area (Å²) in [7, 11) is 0. The van der Waals surface area contributed by atoms with Crippen molar-refractivity contribution in [1.29, 1.82) is 0 Å². The van der Waals surface area contributed by atoms with Gasteiger partial charge in [-0.3, -0.25) is 4.79 Å². The van der Waals surface area contributed by atoms with Gasteiger partial charge in [0.1, 0.15) is 11.8 Å². The van der Waals surface area contributed by atoms with Gasteiger partial charge in [0.2, 0.25) is 17.7 Å². The molecule has 0 spiro atoms. The number of aryl methyl sites for hydroxylation is 1. The average Bonchev–Trinajstić information content (AvgIpc) is 3.22. The third-order valence-electron chi connectivity index (χ3n) is 5.30. The van der Waals surface area contributed by atoms with Crippen LogP contribution in [0.25, 0.3) is 0 Å². The summed E-state index contributed by atoms with van der Waals surface area (Å²) in [4.78, 5) is 13.0. The topological polar surface area (TPSA) is 77.2 Å². The lowest BCUT2D eigenvalue weighted by atomic mass is 9.99. The molecule has 1 aromatic heterocycles. The Labute approximate surface area is 184 Å². The summed E-state index contributed by atoms with van der Waals surface area (Å²) in [6.45, 7) is 8.67. The quantitative estimate of drug-likeness (QED) is 0.487. The van der Waals surface area contributed by atoms with Gasteiger partial charge >= 0.3 is 0 Å². The molecule has 1 heterocycles. The van der Waals surface area contributed by atoms with Crippen LogP contribution in [0.5, 0.6) is 5.75 Å². The van der Waals surface area contributed by atoms with Crippen molar-refractivity contribution < 1.29 is 13.9 Å². The Bertz CT molecular complexity index is 954. The van der Waals surface area contributed by atoms with Gasteiger partial charge in [-0.15, -0.1) is 10.2 Å². The van der Waals surface area contributed by atoms with Crippen LogP contribution in [0, 0.1) is 12.8 Å². The minimum absolute atomic E-state index is 0.110. The number of hydrogen-bond acceptors (Lipinski definition) is 5. The first-order valence-electron chi connectivity index (χ1n) is 10.9. The van der Waals surface area contributed by atoms with Gasteiger partial charge in [0, 0.05) is 6.92 Å². The Kier molecular flexibility index (Phi) is 7.82. The van der Waals surface area contributed by atoms with Crippen LogP contribution in [0.4, 0.5) is 0 Å². The van der Waals surface area contributed by atoms with Gasteiger partial charge in [0.25, 0.3) is 0 Å². The number of benzene rings is 2. The zero-order chi connectivity index (χ0) is 22.2. The fraction of sp³-hybridized carbons (Fsp3) is 0.400. The Morgan fingerprint density at radius 1 is 1.03 bits per heavy atom. The van der Waals surface area contributed by atoms with Crippen molar-refractivity contribution in [1.82, 2.24) is 15.5 Å². The molecule has 0 aliphatic rings. The Balaban J connectivity index is 1.76. The summed E-state index contributed by atoms with van der Waals surface area (Å²) in [6, 6.07) is 16.8. The molecule has 0 aliphatic heterocycles. The van der Waals surface area contributed by atoms with Crippen LogP contribution in [0.3, 0.4) is 0 Å². The molecule has 0 radical (unpaired) electrons. The van der Waals surface area contributed by atoms with Crippen molar-refractivity contribution in [2.75, 3.05) is 6.61 Å². The van der Waals surface area contributed by atoms with E-state index >= 15 is 0 Å². The standard InChI is InChI=1S/C25H31N3O3/c1-5-9-17(2)16-30-22-14-12-21(13-15-22)23(25-28-27-19(4)31-25)26-24(29)18(3)20-10-7-6-8-11-20/h6-8,10-15,17-18,23H,5,9,16H2,1-4H3,(H,26,29)/t17?,18-,23+/m0/s1. The molecule has 2 aromatic carbocycles. The lowest BCUT2D eigenvalue weighted by Crippen LogP contribution is -2.32. The van der Waals surface area contributed by atoms with Crippen LogP contribution in [-0.2, 0) is 4.79 Å². The minimum atomic E-state index is -0.534. The third kappa shape index (κ3) is 6.17. The number of nitrogens with one attached hydrogen (secondary N) is 1. The van der Waals surface area contributed by atoms with Crippen LogP contribution >= 0.6 is 0 Å². The molecule has 0 bridgehead atoms. The molecule has 6 nitrogen and oxygen atoms in total. The maximum absolute atomic E-state index is 13.0. The molecule has 6 heteroatoms. The summed E-state index contributed by atoms with van der Waals surface area (Å²) in [5.74, 6) is 1.71. The normalized spacial score (nSPS) is 13.9. The second-order valence-electron chi connectivity index (χ2n) is 8.01. The highest BCUT2D eigenvalue weighted by Gasteiger charge is 2.25. The molecule has 31 heavy (non-hydrogen) atoms. The Hall–Kier alpha value is -3.15. The van der Waals surface area contributed by atoms with Crippen LogP contribution < -0.4 is 10.1 Å². The van der Waals surface area contributed by atoms with E-state index in [0.717, 1.165) is 29.7 Å². The van der Waals surface area contributed by atoms with Crippen LogP contribution in [0.15, 0.2) is 59.0 Å². The van der Waals surface area contributed by atoms with Crippen molar-refractivity contribution in [2.24, 2.45) is 5.92 Å². The Morgan fingerprint density at radius 2 is 1.74 bits per heavy atom. The van der Waals surface area contributed by atoms with Crippen molar-refractivity contribution in [2.45, 2.75) is 52.5 Å². The van der Waals surface area contributed by atoms with Crippen LogP contribution in [0.1, 0.15) is 68.5 Å². The molecule has 0 saturated heterocycles. The molecule has 1 amide bonds. The molecule has 164 valence electrons. The minimum Gasteiger partial charge on any atom is -0.493 e. The molecule has 3 rings (SSSR count). The van der Waals surface area contributed by atoms with Crippen LogP contribution in [0.2, 0.25) is 0 Å².